The molecule has 1 N–H and O–H groups in total. The van der Waals surface area contributed by atoms with Crippen molar-refractivity contribution in [3.8, 4) is 11.3 Å². The highest BCUT2D eigenvalue weighted by Crippen LogP contribution is 2.27. The molecule has 3 rings (SSSR count). The second-order valence-electron chi connectivity index (χ2n) is 5.74. The standard InChI is InChI=1S/C17H19N5OS/c1-12-11-24-17-19-16(13-7-5-4-6-8-13)14(22(12)17)9-18-20-15(23)10-21(2)3/h4-9,11H,10H2,1-3H3,(H,20,23)/b18-9+. The Morgan fingerprint density at radius 3 is 2.83 bits per heavy atom. The van der Waals surface area contributed by atoms with Gasteiger partial charge in [0.05, 0.1) is 24.1 Å². The fourth-order valence-corrected chi connectivity index (χ4v) is 3.31. The largest absolute Gasteiger partial charge is 0.301 e. The summed E-state index contributed by atoms with van der Waals surface area (Å²) in [7, 11) is 3.68. The highest BCUT2D eigenvalue weighted by atomic mass is 32.1. The highest BCUT2D eigenvalue weighted by molar-refractivity contribution is 7.15. The smallest absolute Gasteiger partial charge is 0.254 e. The summed E-state index contributed by atoms with van der Waals surface area (Å²) in [5.74, 6) is -0.152. The first-order chi connectivity index (χ1) is 11.6. The van der Waals surface area contributed by atoms with Crippen molar-refractivity contribution in [2.75, 3.05) is 20.6 Å². The quantitative estimate of drug-likeness (QED) is 0.572. The van der Waals surface area contributed by atoms with E-state index in [9.17, 15) is 4.79 Å². The number of thiazole rings is 1. The number of nitrogens with one attached hydrogen (secondary N) is 1. The first-order valence-electron chi connectivity index (χ1n) is 7.55. The van der Waals surface area contributed by atoms with Crippen LogP contribution in [0.25, 0.3) is 16.2 Å². The van der Waals surface area contributed by atoms with Crippen molar-refractivity contribution in [2.24, 2.45) is 5.10 Å². The molecule has 6 nitrogen and oxygen atoms in total. The number of hydrazone groups is 1. The van der Waals surface area contributed by atoms with Crippen molar-refractivity contribution in [3.63, 3.8) is 0 Å². The van der Waals surface area contributed by atoms with Crippen LogP contribution in [0.3, 0.4) is 0 Å². The predicted octanol–water partition coefficient (Wildman–Crippen LogP) is 2.38. The van der Waals surface area contributed by atoms with E-state index in [-0.39, 0.29) is 5.91 Å². The summed E-state index contributed by atoms with van der Waals surface area (Å²) in [6.45, 7) is 2.32. The molecule has 0 bridgehead atoms. The zero-order valence-electron chi connectivity index (χ0n) is 13.9. The summed E-state index contributed by atoms with van der Waals surface area (Å²) in [5.41, 5.74) is 6.39. The Hall–Kier alpha value is -2.51. The summed E-state index contributed by atoms with van der Waals surface area (Å²) >= 11 is 1.59. The average molecular weight is 341 g/mol. The summed E-state index contributed by atoms with van der Waals surface area (Å²) in [4.78, 5) is 19.2. The van der Waals surface area contributed by atoms with Crippen LogP contribution < -0.4 is 5.43 Å². The second-order valence-corrected chi connectivity index (χ2v) is 6.57. The number of hydrogen-bond acceptors (Lipinski definition) is 5. The molecular formula is C17H19N5OS. The number of carbonyl (C=O) groups excluding carboxylic acids is 1. The lowest BCUT2D eigenvalue weighted by atomic mass is 10.1. The van der Waals surface area contributed by atoms with Crippen LogP contribution in [0, 0.1) is 6.92 Å². The molecule has 2 aromatic heterocycles. The van der Waals surface area contributed by atoms with Gasteiger partial charge in [0.2, 0.25) is 0 Å². The summed E-state index contributed by atoms with van der Waals surface area (Å²) in [6.07, 6.45) is 1.66. The van der Waals surface area contributed by atoms with Crippen molar-refractivity contribution in [1.82, 2.24) is 19.7 Å². The molecule has 0 radical (unpaired) electrons. The molecule has 1 aromatic carbocycles. The van der Waals surface area contributed by atoms with Crippen molar-refractivity contribution in [2.45, 2.75) is 6.92 Å². The van der Waals surface area contributed by atoms with E-state index in [4.69, 9.17) is 4.98 Å². The fourth-order valence-electron chi connectivity index (χ4n) is 2.44. The summed E-state index contributed by atoms with van der Waals surface area (Å²) in [6, 6.07) is 9.97. The van der Waals surface area contributed by atoms with Gasteiger partial charge in [0.15, 0.2) is 4.96 Å². The molecule has 3 aromatic rings. The number of carbonyl (C=O) groups is 1. The maximum atomic E-state index is 11.7. The molecule has 0 aliphatic heterocycles. The third kappa shape index (κ3) is 3.37. The third-order valence-electron chi connectivity index (χ3n) is 3.45. The molecule has 0 saturated heterocycles. The van der Waals surface area contributed by atoms with Crippen molar-refractivity contribution >= 4 is 28.4 Å². The number of aromatic nitrogens is 2. The Morgan fingerprint density at radius 2 is 2.12 bits per heavy atom. The van der Waals surface area contributed by atoms with Crippen LogP contribution in [0.4, 0.5) is 0 Å². The van der Waals surface area contributed by atoms with E-state index in [2.05, 4.69) is 20.3 Å². The molecule has 0 unspecified atom stereocenters. The van der Waals surface area contributed by atoms with Gasteiger partial charge in [-0.3, -0.25) is 9.20 Å². The van der Waals surface area contributed by atoms with Gasteiger partial charge >= 0.3 is 0 Å². The molecule has 1 amide bonds. The summed E-state index contributed by atoms with van der Waals surface area (Å²) in [5, 5.41) is 6.17. The van der Waals surface area contributed by atoms with Gasteiger partial charge in [0, 0.05) is 16.6 Å². The number of aryl methyl sites for hydroxylation is 1. The van der Waals surface area contributed by atoms with Crippen molar-refractivity contribution < 1.29 is 4.79 Å². The maximum absolute atomic E-state index is 11.7. The molecule has 0 saturated carbocycles. The summed E-state index contributed by atoms with van der Waals surface area (Å²) < 4.78 is 2.05. The topological polar surface area (TPSA) is 62.0 Å². The van der Waals surface area contributed by atoms with Crippen LogP contribution in [0.5, 0.6) is 0 Å². The van der Waals surface area contributed by atoms with Crippen LogP contribution in [-0.4, -0.2) is 47.0 Å². The zero-order chi connectivity index (χ0) is 17.1. The van der Waals surface area contributed by atoms with E-state index in [1.165, 1.54) is 0 Å². The minimum Gasteiger partial charge on any atom is -0.301 e. The van der Waals surface area contributed by atoms with E-state index in [0.717, 1.165) is 27.6 Å². The van der Waals surface area contributed by atoms with E-state index in [0.29, 0.717) is 6.54 Å². The van der Waals surface area contributed by atoms with Gasteiger partial charge in [-0.1, -0.05) is 30.3 Å². The number of amides is 1. The lowest BCUT2D eigenvalue weighted by molar-refractivity contribution is -0.121. The number of fused-ring (bicyclic) bond motifs is 1. The molecule has 0 atom stereocenters. The molecule has 24 heavy (non-hydrogen) atoms. The van der Waals surface area contributed by atoms with Gasteiger partial charge in [0.1, 0.15) is 0 Å². The maximum Gasteiger partial charge on any atom is 0.254 e. The normalized spacial score (nSPS) is 11.7. The Kier molecular flexibility index (Phi) is 4.73. The first-order valence-corrected chi connectivity index (χ1v) is 8.43. The van der Waals surface area contributed by atoms with Gasteiger partial charge in [-0.05, 0) is 21.0 Å². The van der Waals surface area contributed by atoms with Crippen LogP contribution in [0.2, 0.25) is 0 Å². The molecule has 0 spiro atoms. The molecule has 0 aliphatic rings. The molecular weight excluding hydrogens is 322 g/mol. The molecule has 2 heterocycles. The fraction of sp³-hybridized carbons (Fsp3) is 0.235. The first kappa shape index (κ1) is 16.4. The number of rotatable bonds is 5. The third-order valence-corrected chi connectivity index (χ3v) is 4.40. The van der Waals surface area contributed by atoms with Crippen LogP contribution in [0.15, 0.2) is 40.8 Å². The minimum absolute atomic E-state index is 0.152. The van der Waals surface area contributed by atoms with Gasteiger partial charge in [-0.15, -0.1) is 11.3 Å². The monoisotopic (exact) mass is 341 g/mol. The SMILES string of the molecule is Cc1csc2nc(-c3ccccc3)c(/C=N/NC(=O)CN(C)C)n12. The number of benzene rings is 1. The van der Waals surface area contributed by atoms with E-state index >= 15 is 0 Å². The Balaban J connectivity index is 1.96. The molecule has 7 heteroatoms. The van der Waals surface area contributed by atoms with Crippen LogP contribution >= 0.6 is 11.3 Å². The Morgan fingerprint density at radius 1 is 1.38 bits per heavy atom. The highest BCUT2D eigenvalue weighted by Gasteiger charge is 2.15. The van der Waals surface area contributed by atoms with Crippen LogP contribution in [0.1, 0.15) is 11.4 Å². The minimum atomic E-state index is -0.152. The predicted molar refractivity (Wildman–Crippen MR) is 97.5 cm³/mol. The second kappa shape index (κ2) is 6.94. The lowest BCUT2D eigenvalue weighted by Gasteiger charge is -2.06. The molecule has 0 fully saturated rings. The lowest BCUT2D eigenvalue weighted by Crippen LogP contribution is -2.30. The van der Waals surface area contributed by atoms with Gasteiger partial charge in [-0.25, -0.2) is 10.4 Å². The number of likely N-dealkylation sites (N-methyl/N-ethyl adjacent to an activating group) is 1. The zero-order valence-corrected chi connectivity index (χ0v) is 14.7. The van der Waals surface area contributed by atoms with E-state index in [1.54, 1.807) is 22.5 Å². The number of nitrogens with zero attached hydrogens (tertiary/aromatic N) is 4. The molecule has 124 valence electrons. The van der Waals surface area contributed by atoms with Crippen molar-refractivity contribution in [1.29, 1.82) is 0 Å². The Labute approximate surface area is 144 Å². The van der Waals surface area contributed by atoms with Crippen molar-refractivity contribution in [3.05, 3.63) is 47.1 Å². The van der Waals surface area contributed by atoms with Gasteiger partial charge < -0.3 is 4.90 Å². The van der Waals surface area contributed by atoms with E-state index < -0.39 is 0 Å². The van der Waals surface area contributed by atoms with Crippen LogP contribution in [-0.2, 0) is 4.79 Å². The average Bonchev–Trinajstić information content (AvgIpc) is 3.08. The Bertz CT molecular complexity index is 879. The molecule has 0 aliphatic carbocycles. The van der Waals surface area contributed by atoms with Gasteiger partial charge in [0.25, 0.3) is 5.91 Å². The number of hydrogen-bond donors (Lipinski definition) is 1. The van der Waals surface area contributed by atoms with Gasteiger partial charge in [-0.2, -0.15) is 5.10 Å². The number of imidazole rings is 1. The van der Waals surface area contributed by atoms with E-state index in [1.807, 2.05) is 51.4 Å².